The van der Waals surface area contributed by atoms with E-state index in [4.69, 9.17) is 9.47 Å². The molecule has 1 N–H and O–H groups in total. The molecular weight excluding hydrogens is 408 g/mol. The number of carbonyl (C=O) groups is 3. The average Bonchev–Trinajstić information content (AvgIpc) is 3.01. The number of rotatable bonds is 3. The largest absolute Gasteiger partial charge is 0.467 e. The first-order chi connectivity index (χ1) is 14.5. The maximum atomic E-state index is 13.9. The van der Waals surface area contributed by atoms with Gasteiger partial charge in [0.05, 0.1) is 7.11 Å². The second-order valence-corrected chi connectivity index (χ2v) is 12.9. The molecule has 7 heteroatoms. The summed E-state index contributed by atoms with van der Waals surface area (Å²) in [4.78, 5) is 40.8. The summed E-state index contributed by atoms with van der Waals surface area (Å²) >= 11 is 0. The van der Waals surface area contributed by atoms with E-state index in [2.05, 4.69) is 19.2 Å². The quantitative estimate of drug-likeness (QED) is 0.649. The fourth-order valence-electron chi connectivity index (χ4n) is 6.33. The first kappa shape index (κ1) is 24.8. The minimum atomic E-state index is -0.819. The van der Waals surface area contributed by atoms with Crippen molar-refractivity contribution in [1.29, 1.82) is 0 Å². The molecule has 3 rings (SSSR count). The van der Waals surface area contributed by atoms with Crippen molar-refractivity contribution in [2.45, 2.75) is 105 Å². The van der Waals surface area contributed by atoms with E-state index in [1.165, 1.54) is 26.4 Å². The molecule has 0 bridgehead atoms. The Morgan fingerprint density at radius 2 is 1.62 bits per heavy atom. The van der Waals surface area contributed by atoms with Crippen LogP contribution in [0.4, 0.5) is 4.79 Å². The SMILES string of the molecule is COC(=O)C1CC2(CN1C(=O)C(NC(=O)OC(C)(C)C)C(C)(C)C)CC1(CCC1)C2(C)C. The van der Waals surface area contributed by atoms with Crippen LogP contribution in [0.15, 0.2) is 0 Å². The standard InChI is InChI=1S/C25H42N2O5/c1-21(2,3)17(26-20(30)32-22(4,5)6)18(28)27-15-25(13-16(27)19(29)31-9)14-24(11-10-12-24)23(25,7)8/h16-17H,10-15H2,1-9H3,(H,26,30). The van der Waals surface area contributed by atoms with E-state index in [0.29, 0.717) is 18.4 Å². The van der Waals surface area contributed by atoms with E-state index in [0.717, 1.165) is 6.42 Å². The fraction of sp³-hybridized carbons (Fsp3) is 0.880. The topological polar surface area (TPSA) is 84.9 Å². The number of likely N-dealkylation sites (tertiary alicyclic amines) is 1. The van der Waals surface area contributed by atoms with Crippen molar-refractivity contribution in [3.8, 4) is 0 Å². The van der Waals surface area contributed by atoms with Crippen molar-refractivity contribution in [2.24, 2.45) is 21.7 Å². The van der Waals surface area contributed by atoms with Crippen molar-refractivity contribution < 1.29 is 23.9 Å². The molecule has 0 aromatic rings. The summed E-state index contributed by atoms with van der Waals surface area (Å²) in [5, 5.41) is 2.79. The lowest BCUT2D eigenvalue weighted by Gasteiger charge is -2.72. The zero-order valence-electron chi connectivity index (χ0n) is 21.4. The molecule has 1 aliphatic heterocycles. The molecular formula is C25H42N2O5. The number of hydrogen-bond donors (Lipinski definition) is 1. The highest BCUT2D eigenvalue weighted by atomic mass is 16.6. The van der Waals surface area contributed by atoms with Gasteiger partial charge in [-0.15, -0.1) is 0 Å². The van der Waals surface area contributed by atoms with Gasteiger partial charge in [0.1, 0.15) is 17.7 Å². The third kappa shape index (κ3) is 3.90. The molecule has 1 heterocycles. The molecule has 2 amide bonds. The average molecular weight is 451 g/mol. The van der Waals surface area contributed by atoms with Gasteiger partial charge in [-0.05, 0) is 68.1 Å². The van der Waals surface area contributed by atoms with Crippen LogP contribution in [0.2, 0.25) is 0 Å². The molecule has 0 aromatic carbocycles. The number of ether oxygens (including phenoxy) is 2. The number of amides is 2. The van der Waals surface area contributed by atoms with Crippen molar-refractivity contribution >= 4 is 18.0 Å². The lowest BCUT2D eigenvalue weighted by atomic mass is 9.32. The predicted molar refractivity (Wildman–Crippen MR) is 122 cm³/mol. The zero-order chi connectivity index (χ0) is 24.3. The molecule has 0 aromatic heterocycles. The molecule has 0 radical (unpaired) electrons. The summed E-state index contributed by atoms with van der Waals surface area (Å²) < 4.78 is 10.5. The van der Waals surface area contributed by atoms with Crippen molar-refractivity contribution in [1.82, 2.24) is 10.2 Å². The first-order valence-corrected chi connectivity index (χ1v) is 11.9. The van der Waals surface area contributed by atoms with Crippen LogP contribution >= 0.6 is 0 Å². The Morgan fingerprint density at radius 3 is 2.03 bits per heavy atom. The summed E-state index contributed by atoms with van der Waals surface area (Å²) in [5.74, 6) is -0.633. The highest BCUT2D eigenvalue weighted by molar-refractivity contribution is 5.91. The Bertz CT molecular complexity index is 787. The third-order valence-corrected chi connectivity index (χ3v) is 8.60. The van der Waals surface area contributed by atoms with E-state index in [-0.39, 0.29) is 22.7 Å². The molecule has 3 fully saturated rings. The van der Waals surface area contributed by atoms with Crippen LogP contribution in [-0.4, -0.2) is 54.2 Å². The van der Waals surface area contributed by atoms with Crippen molar-refractivity contribution in [3.05, 3.63) is 0 Å². The van der Waals surface area contributed by atoms with Crippen LogP contribution in [0.1, 0.15) is 87.5 Å². The molecule has 2 aliphatic carbocycles. The first-order valence-electron chi connectivity index (χ1n) is 11.9. The van der Waals surface area contributed by atoms with Crippen LogP contribution < -0.4 is 5.32 Å². The molecule has 3 aliphatic rings. The summed E-state index contributed by atoms with van der Waals surface area (Å²) in [5.41, 5.74) is -0.944. The Hall–Kier alpha value is -1.79. The molecule has 3 unspecified atom stereocenters. The molecule has 2 spiro atoms. The van der Waals surface area contributed by atoms with E-state index < -0.39 is 29.2 Å². The van der Waals surface area contributed by atoms with Gasteiger partial charge in [0, 0.05) is 6.54 Å². The smallest absolute Gasteiger partial charge is 0.408 e. The number of alkyl carbamates (subject to hydrolysis) is 1. The summed E-state index contributed by atoms with van der Waals surface area (Å²) in [6.07, 6.45) is 4.74. The van der Waals surface area contributed by atoms with Crippen LogP contribution in [0.25, 0.3) is 0 Å². The van der Waals surface area contributed by atoms with Crippen LogP contribution in [0.5, 0.6) is 0 Å². The van der Waals surface area contributed by atoms with Crippen LogP contribution in [0.3, 0.4) is 0 Å². The summed E-state index contributed by atoms with van der Waals surface area (Å²) in [6.45, 7) is 16.2. The number of esters is 1. The normalized spacial score (nSPS) is 29.2. The van der Waals surface area contributed by atoms with Gasteiger partial charge in [-0.3, -0.25) is 4.79 Å². The monoisotopic (exact) mass is 450 g/mol. The minimum Gasteiger partial charge on any atom is -0.467 e. The number of methoxy groups -OCH3 is 1. The van der Waals surface area contributed by atoms with E-state index >= 15 is 0 Å². The molecule has 32 heavy (non-hydrogen) atoms. The number of carbonyl (C=O) groups excluding carboxylic acids is 3. The van der Waals surface area contributed by atoms with Gasteiger partial charge in [0.2, 0.25) is 5.91 Å². The fourth-order valence-corrected chi connectivity index (χ4v) is 6.33. The Labute approximate surface area is 193 Å². The second-order valence-electron chi connectivity index (χ2n) is 12.9. The van der Waals surface area contributed by atoms with Crippen LogP contribution in [0, 0.1) is 21.7 Å². The van der Waals surface area contributed by atoms with Gasteiger partial charge >= 0.3 is 12.1 Å². The number of nitrogens with one attached hydrogen (secondary N) is 1. The lowest BCUT2D eigenvalue weighted by Crippen LogP contribution is -2.66. The minimum absolute atomic E-state index is 0.0510. The highest BCUT2D eigenvalue weighted by Crippen LogP contribution is 2.77. The van der Waals surface area contributed by atoms with E-state index in [1.54, 1.807) is 25.7 Å². The second kappa shape index (κ2) is 7.63. The Morgan fingerprint density at radius 1 is 1.03 bits per heavy atom. The molecule has 1 saturated heterocycles. The number of nitrogens with zero attached hydrogens (tertiary/aromatic N) is 1. The maximum absolute atomic E-state index is 13.9. The summed E-state index contributed by atoms with van der Waals surface area (Å²) in [7, 11) is 1.37. The van der Waals surface area contributed by atoms with Crippen molar-refractivity contribution in [2.75, 3.05) is 13.7 Å². The van der Waals surface area contributed by atoms with Gasteiger partial charge in [-0.1, -0.05) is 41.0 Å². The van der Waals surface area contributed by atoms with Gasteiger partial charge in [-0.2, -0.15) is 0 Å². The third-order valence-electron chi connectivity index (χ3n) is 8.60. The molecule has 2 saturated carbocycles. The maximum Gasteiger partial charge on any atom is 0.408 e. The van der Waals surface area contributed by atoms with Gasteiger partial charge in [0.15, 0.2) is 0 Å². The van der Waals surface area contributed by atoms with Gasteiger partial charge in [0.25, 0.3) is 0 Å². The predicted octanol–water partition coefficient (Wildman–Crippen LogP) is 4.29. The molecule has 182 valence electrons. The van der Waals surface area contributed by atoms with Gasteiger partial charge < -0.3 is 19.7 Å². The van der Waals surface area contributed by atoms with E-state index in [1.807, 2.05) is 20.8 Å². The Kier molecular flexibility index (Phi) is 5.92. The summed E-state index contributed by atoms with van der Waals surface area (Å²) in [6, 6.07) is -1.45. The Balaban J connectivity index is 1.87. The zero-order valence-corrected chi connectivity index (χ0v) is 21.4. The van der Waals surface area contributed by atoms with Crippen LogP contribution in [-0.2, 0) is 19.1 Å². The lowest BCUT2D eigenvalue weighted by molar-refractivity contribution is -0.231. The molecule has 7 nitrogen and oxygen atoms in total. The van der Waals surface area contributed by atoms with E-state index in [9.17, 15) is 14.4 Å². The van der Waals surface area contributed by atoms with Crippen molar-refractivity contribution in [3.63, 3.8) is 0 Å². The number of hydrogen-bond acceptors (Lipinski definition) is 5. The van der Waals surface area contributed by atoms with Gasteiger partial charge in [-0.25, -0.2) is 9.59 Å². The molecule has 3 atom stereocenters. The highest BCUT2D eigenvalue weighted by Gasteiger charge is 2.73.